The molecule has 0 radical (unpaired) electrons. The molecule has 3 rings (SSSR count). The van der Waals surface area contributed by atoms with Crippen molar-refractivity contribution in [2.24, 2.45) is 0 Å². The van der Waals surface area contributed by atoms with Gasteiger partial charge in [0.05, 0.1) is 11.7 Å². The number of hydroxylamine groups is 2. The highest BCUT2D eigenvalue weighted by atomic mass is 35.5. The lowest BCUT2D eigenvalue weighted by Crippen LogP contribution is -2.26. The van der Waals surface area contributed by atoms with E-state index in [0.717, 1.165) is 12.1 Å². The lowest BCUT2D eigenvalue weighted by Gasteiger charge is -2.16. The van der Waals surface area contributed by atoms with Gasteiger partial charge in [-0.25, -0.2) is 0 Å². The highest BCUT2D eigenvalue weighted by Crippen LogP contribution is 2.24. The smallest absolute Gasteiger partial charge is 0.0806 e. The van der Waals surface area contributed by atoms with Crippen LogP contribution in [0.3, 0.4) is 0 Å². The Morgan fingerprint density at radius 2 is 2.14 bits per heavy atom. The zero-order chi connectivity index (χ0) is 8.67. The maximum absolute atomic E-state index is 4.95. The zero-order valence-electron chi connectivity index (χ0n) is 7.49. The Bertz CT molecular complexity index is 378. The molecule has 74 valence electrons. The molecule has 14 heavy (non-hydrogen) atoms. The van der Waals surface area contributed by atoms with Crippen LogP contribution in [0.15, 0.2) is 30.0 Å². The Kier molecular flexibility index (Phi) is 2.46. The van der Waals surface area contributed by atoms with E-state index in [1.807, 2.05) is 0 Å². The molecule has 1 unspecified atom stereocenters. The Labute approximate surface area is 88.5 Å². The van der Waals surface area contributed by atoms with Gasteiger partial charge >= 0.3 is 0 Å². The first-order valence-electron chi connectivity index (χ1n) is 4.40. The third-order valence-electron chi connectivity index (χ3n) is 2.54. The minimum absolute atomic E-state index is 0. The SMILES string of the molecule is C1=C2NONC2Cc2ccccc21.Cl. The highest BCUT2D eigenvalue weighted by Gasteiger charge is 2.25. The second-order valence-electron chi connectivity index (χ2n) is 3.38. The van der Waals surface area contributed by atoms with Gasteiger partial charge in [0.25, 0.3) is 0 Å². The van der Waals surface area contributed by atoms with E-state index in [1.54, 1.807) is 0 Å². The molecule has 1 aliphatic carbocycles. The minimum Gasteiger partial charge on any atom is -0.250 e. The fraction of sp³-hybridized carbons (Fsp3) is 0.200. The number of halogens is 1. The van der Waals surface area contributed by atoms with E-state index in [9.17, 15) is 0 Å². The Morgan fingerprint density at radius 1 is 1.29 bits per heavy atom. The Balaban J connectivity index is 0.000000750. The van der Waals surface area contributed by atoms with Gasteiger partial charge in [0.2, 0.25) is 0 Å². The van der Waals surface area contributed by atoms with Crippen LogP contribution in [0.5, 0.6) is 0 Å². The normalized spacial score (nSPS) is 22.6. The molecule has 0 bridgehead atoms. The summed E-state index contributed by atoms with van der Waals surface area (Å²) < 4.78 is 0. The average molecular weight is 211 g/mol. The zero-order valence-corrected chi connectivity index (χ0v) is 8.30. The summed E-state index contributed by atoms with van der Waals surface area (Å²) in [5, 5.41) is 0. The van der Waals surface area contributed by atoms with Gasteiger partial charge in [0.1, 0.15) is 0 Å². The molecule has 2 aliphatic rings. The number of rotatable bonds is 0. The quantitative estimate of drug-likeness (QED) is 0.680. The van der Waals surface area contributed by atoms with Gasteiger partial charge in [-0.05, 0) is 23.6 Å². The van der Waals surface area contributed by atoms with Crippen molar-refractivity contribution in [2.75, 3.05) is 0 Å². The van der Waals surface area contributed by atoms with Crippen molar-refractivity contribution < 1.29 is 4.94 Å². The second-order valence-corrected chi connectivity index (χ2v) is 3.38. The predicted molar refractivity (Wildman–Crippen MR) is 56.5 cm³/mol. The van der Waals surface area contributed by atoms with Crippen molar-refractivity contribution >= 4 is 18.5 Å². The molecular formula is C10H11ClN2O. The Morgan fingerprint density at radius 3 is 3.07 bits per heavy atom. The molecule has 0 saturated carbocycles. The monoisotopic (exact) mass is 210 g/mol. The van der Waals surface area contributed by atoms with Crippen LogP contribution in [0.1, 0.15) is 11.1 Å². The fourth-order valence-corrected chi connectivity index (χ4v) is 1.82. The minimum atomic E-state index is 0. The van der Waals surface area contributed by atoms with Crippen molar-refractivity contribution in [3.05, 3.63) is 41.1 Å². The van der Waals surface area contributed by atoms with Gasteiger partial charge in [-0.3, -0.25) is 5.48 Å². The molecule has 0 spiro atoms. The third kappa shape index (κ3) is 1.39. The maximum atomic E-state index is 4.95. The second kappa shape index (κ2) is 3.61. The van der Waals surface area contributed by atoms with E-state index < -0.39 is 0 Å². The summed E-state index contributed by atoms with van der Waals surface area (Å²) >= 11 is 0. The van der Waals surface area contributed by atoms with Crippen molar-refractivity contribution in [3.8, 4) is 0 Å². The number of hydrogen-bond acceptors (Lipinski definition) is 3. The lowest BCUT2D eigenvalue weighted by atomic mass is 9.93. The van der Waals surface area contributed by atoms with Crippen molar-refractivity contribution in [2.45, 2.75) is 12.5 Å². The molecule has 1 atom stereocenters. The molecule has 0 aromatic heterocycles. The van der Waals surface area contributed by atoms with Gasteiger partial charge < -0.3 is 0 Å². The summed E-state index contributed by atoms with van der Waals surface area (Å²) in [6, 6.07) is 8.71. The topological polar surface area (TPSA) is 33.3 Å². The first-order chi connectivity index (χ1) is 6.43. The van der Waals surface area contributed by atoms with Crippen LogP contribution in [0.2, 0.25) is 0 Å². The van der Waals surface area contributed by atoms with Crippen molar-refractivity contribution in [1.29, 1.82) is 0 Å². The number of fused-ring (bicyclic) bond motifs is 2. The van der Waals surface area contributed by atoms with Crippen LogP contribution in [0, 0.1) is 0 Å². The number of hydrogen-bond donors (Lipinski definition) is 2. The van der Waals surface area contributed by atoms with E-state index >= 15 is 0 Å². The van der Waals surface area contributed by atoms with Crippen LogP contribution >= 0.6 is 12.4 Å². The van der Waals surface area contributed by atoms with Crippen LogP contribution in [0.4, 0.5) is 0 Å². The molecule has 1 aromatic carbocycles. The van der Waals surface area contributed by atoms with Gasteiger partial charge in [-0.2, -0.15) is 10.4 Å². The van der Waals surface area contributed by atoms with E-state index in [1.165, 1.54) is 11.1 Å². The molecule has 0 amide bonds. The van der Waals surface area contributed by atoms with E-state index in [4.69, 9.17) is 4.94 Å². The van der Waals surface area contributed by atoms with Gasteiger partial charge in [-0.1, -0.05) is 24.3 Å². The third-order valence-corrected chi connectivity index (χ3v) is 2.54. The summed E-state index contributed by atoms with van der Waals surface area (Å²) in [5.74, 6) is 0. The molecule has 2 N–H and O–H groups in total. The van der Waals surface area contributed by atoms with E-state index in [2.05, 4.69) is 41.3 Å². The molecule has 1 heterocycles. The molecule has 1 aromatic rings. The van der Waals surface area contributed by atoms with Gasteiger partial charge in [0.15, 0.2) is 0 Å². The first kappa shape index (κ1) is 9.52. The van der Waals surface area contributed by atoms with Crippen LogP contribution in [0.25, 0.3) is 6.08 Å². The first-order valence-corrected chi connectivity index (χ1v) is 4.40. The summed E-state index contributed by atoms with van der Waals surface area (Å²) in [7, 11) is 0. The Hall–Kier alpha value is -1.03. The summed E-state index contributed by atoms with van der Waals surface area (Å²) in [6.45, 7) is 0. The van der Waals surface area contributed by atoms with Crippen LogP contribution < -0.4 is 11.0 Å². The average Bonchev–Trinajstić information content (AvgIpc) is 2.61. The summed E-state index contributed by atoms with van der Waals surface area (Å²) in [4.78, 5) is 4.95. The van der Waals surface area contributed by atoms with Crippen LogP contribution in [-0.2, 0) is 11.4 Å². The molecule has 1 aliphatic heterocycles. The number of nitrogens with one attached hydrogen (secondary N) is 2. The van der Waals surface area contributed by atoms with Crippen molar-refractivity contribution in [3.63, 3.8) is 0 Å². The van der Waals surface area contributed by atoms with E-state index in [0.29, 0.717) is 6.04 Å². The van der Waals surface area contributed by atoms with Crippen LogP contribution in [-0.4, -0.2) is 6.04 Å². The molecule has 1 fully saturated rings. The molecule has 1 saturated heterocycles. The highest BCUT2D eigenvalue weighted by molar-refractivity contribution is 5.85. The molecule has 3 nitrogen and oxygen atoms in total. The molecule has 4 heteroatoms. The predicted octanol–water partition coefficient (Wildman–Crippen LogP) is 1.41. The van der Waals surface area contributed by atoms with E-state index in [-0.39, 0.29) is 12.4 Å². The lowest BCUT2D eigenvalue weighted by molar-refractivity contribution is 0.0189. The molecular weight excluding hydrogens is 200 g/mol. The van der Waals surface area contributed by atoms with Crippen molar-refractivity contribution in [1.82, 2.24) is 11.0 Å². The maximum Gasteiger partial charge on any atom is 0.0806 e. The summed E-state index contributed by atoms with van der Waals surface area (Å²) in [5.41, 5.74) is 9.55. The number of benzene rings is 1. The van der Waals surface area contributed by atoms with Gasteiger partial charge in [-0.15, -0.1) is 12.4 Å². The largest absolute Gasteiger partial charge is 0.250 e. The van der Waals surface area contributed by atoms with Gasteiger partial charge in [0, 0.05) is 0 Å². The summed E-state index contributed by atoms with van der Waals surface area (Å²) in [6.07, 6.45) is 3.12. The standard InChI is InChI=1S/C10H10N2O.ClH/c1-2-4-8-6-10-9(11-13-12-10)5-7(8)3-1;/h1-5,10-12H,6H2;1H. The fourth-order valence-electron chi connectivity index (χ4n) is 1.82.